The van der Waals surface area contributed by atoms with Gasteiger partial charge in [-0.2, -0.15) is 0 Å². The van der Waals surface area contributed by atoms with Gasteiger partial charge >= 0.3 is 0 Å². The van der Waals surface area contributed by atoms with E-state index in [1.807, 2.05) is 13.8 Å². The van der Waals surface area contributed by atoms with Crippen molar-refractivity contribution >= 4 is 17.4 Å². The molecule has 152 valence electrons. The van der Waals surface area contributed by atoms with E-state index in [0.717, 1.165) is 5.56 Å². The summed E-state index contributed by atoms with van der Waals surface area (Å²) in [6.45, 7) is 5.74. The molecule has 0 radical (unpaired) electrons. The number of Topliss-reactive ketones (excluding diaryl/α,β-unsaturated/α-hetero) is 1. The fourth-order valence-corrected chi connectivity index (χ4v) is 3.78. The molecule has 1 N–H and O–H groups in total. The Hall–Kier alpha value is -3.15. The Kier molecular flexibility index (Phi) is 5.73. The number of carbonyl (C=O) groups is 2. The number of rotatable bonds is 5. The molecule has 0 bridgehead atoms. The van der Waals surface area contributed by atoms with Gasteiger partial charge in [0.2, 0.25) is 0 Å². The van der Waals surface area contributed by atoms with Gasteiger partial charge in [0.1, 0.15) is 17.3 Å². The number of aryl methyl sites for hydroxylation is 2. The lowest BCUT2D eigenvalue weighted by Gasteiger charge is -2.25. The number of benzene rings is 2. The predicted octanol–water partition coefficient (Wildman–Crippen LogP) is 4.28. The van der Waals surface area contributed by atoms with Gasteiger partial charge in [0, 0.05) is 17.7 Å². The third-order valence-electron chi connectivity index (χ3n) is 5.20. The molecule has 2 aromatic rings. The van der Waals surface area contributed by atoms with Gasteiger partial charge in [-0.3, -0.25) is 9.59 Å². The molecule has 29 heavy (non-hydrogen) atoms. The molecule has 1 heterocycles. The average Bonchev–Trinajstić information content (AvgIpc) is 2.94. The van der Waals surface area contributed by atoms with E-state index in [1.165, 1.54) is 17.0 Å². The Bertz CT molecular complexity index is 1010. The first-order chi connectivity index (χ1) is 13.8. The van der Waals surface area contributed by atoms with Gasteiger partial charge < -0.3 is 14.7 Å². The zero-order valence-corrected chi connectivity index (χ0v) is 17.0. The van der Waals surface area contributed by atoms with Crippen LogP contribution in [0.5, 0.6) is 5.75 Å². The van der Waals surface area contributed by atoms with Gasteiger partial charge in [-0.25, -0.2) is 4.39 Å². The Morgan fingerprint density at radius 2 is 1.86 bits per heavy atom. The maximum Gasteiger partial charge on any atom is 0.295 e. The van der Waals surface area contributed by atoms with Crippen LogP contribution in [-0.4, -0.2) is 35.4 Å². The largest absolute Gasteiger partial charge is 0.507 e. The van der Waals surface area contributed by atoms with Crippen LogP contribution in [0.25, 0.3) is 5.76 Å². The highest BCUT2D eigenvalue weighted by Gasteiger charge is 2.46. The average molecular weight is 397 g/mol. The lowest BCUT2D eigenvalue weighted by molar-refractivity contribution is -0.139. The lowest BCUT2D eigenvalue weighted by atomic mass is 9.93. The molecule has 0 saturated carbocycles. The molecule has 1 aliphatic rings. The van der Waals surface area contributed by atoms with Crippen molar-refractivity contribution in [2.45, 2.75) is 33.2 Å². The monoisotopic (exact) mass is 397 g/mol. The van der Waals surface area contributed by atoms with Crippen LogP contribution >= 0.6 is 0 Å². The molecule has 1 amide bonds. The fourth-order valence-electron chi connectivity index (χ4n) is 3.78. The van der Waals surface area contributed by atoms with Crippen molar-refractivity contribution < 1.29 is 23.8 Å². The SMILES string of the molecule is CCCN1C(=O)C(=O)/C(=C(/O)c2cc(C)c(OC)cc2C)C1c1ccccc1F. The number of halogens is 1. The van der Waals surface area contributed by atoms with E-state index in [2.05, 4.69) is 0 Å². The highest BCUT2D eigenvalue weighted by atomic mass is 19.1. The molecular formula is C23H24FNO4. The zero-order chi connectivity index (χ0) is 21.3. The van der Waals surface area contributed by atoms with Crippen LogP contribution in [0.1, 0.15) is 41.6 Å². The molecule has 0 aliphatic carbocycles. The second kappa shape index (κ2) is 8.07. The first kappa shape index (κ1) is 20.6. The van der Waals surface area contributed by atoms with Gasteiger partial charge in [-0.15, -0.1) is 0 Å². The minimum absolute atomic E-state index is 0.0961. The summed E-state index contributed by atoms with van der Waals surface area (Å²) in [5.74, 6) is -1.73. The number of hydrogen-bond acceptors (Lipinski definition) is 4. The second-order valence-electron chi connectivity index (χ2n) is 7.15. The fraction of sp³-hybridized carbons (Fsp3) is 0.304. The molecule has 1 atom stereocenters. The van der Waals surface area contributed by atoms with E-state index >= 15 is 0 Å². The Balaban J connectivity index is 2.26. The number of ether oxygens (including phenoxy) is 1. The molecule has 2 aromatic carbocycles. The van der Waals surface area contributed by atoms with Crippen molar-refractivity contribution in [3.63, 3.8) is 0 Å². The van der Waals surface area contributed by atoms with Crippen molar-refractivity contribution in [1.29, 1.82) is 0 Å². The maximum atomic E-state index is 14.6. The number of aliphatic hydroxyl groups is 1. The number of methoxy groups -OCH3 is 1. The quantitative estimate of drug-likeness (QED) is 0.465. The Morgan fingerprint density at radius 3 is 2.48 bits per heavy atom. The molecule has 1 saturated heterocycles. The van der Waals surface area contributed by atoms with Gasteiger partial charge in [0.15, 0.2) is 0 Å². The molecule has 1 aliphatic heterocycles. The number of nitrogens with zero attached hydrogens (tertiary/aromatic N) is 1. The van der Waals surface area contributed by atoms with Gasteiger partial charge in [0.05, 0.1) is 18.7 Å². The molecular weight excluding hydrogens is 373 g/mol. The number of amides is 1. The van der Waals surface area contributed by atoms with Crippen molar-refractivity contribution in [1.82, 2.24) is 4.90 Å². The van der Waals surface area contributed by atoms with Crippen molar-refractivity contribution in [2.24, 2.45) is 0 Å². The van der Waals surface area contributed by atoms with E-state index in [-0.39, 0.29) is 23.4 Å². The summed E-state index contributed by atoms with van der Waals surface area (Å²) < 4.78 is 19.9. The Labute approximate surface area is 169 Å². The predicted molar refractivity (Wildman–Crippen MR) is 108 cm³/mol. The molecule has 3 rings (SSSR count). The van der Waals surface area contributed by atoms with E-state index < -0.39 is 23.5 Å². The zero-order valence-electron chi connectivity index (χ0n) is 17.0. The van der Waals surface area contributed by atoms with Crippen LogP contribution < -0.4 is 4.74 Å². The van der Waals surface area contributed by atoms with Gasteiger partial charge in [-0.05, 0) is 49.6 Å². The summed E-state index contributed by atoms with van der Waals surface area (Å²) in [5, 5.41) is 11.1. The minimum atomic E-state index is -0.974. The molecule has 0 aromatic heterocycles. The standard InChI is InChI=1S/C23H24FNO4/c1-5-10-25-20(15-8-6-7-9-17(15)24)19(22(27)23(25)28)21(26)16-11-14(3)18(29-4)12-13(16)2/h6-9,11-12,20,26H,5,10H2,1-4H3/b21-19+. The summed E-state index contributed by atoms with van der Waals surface area (Å²) in [7, 11) is 1.55. The van der Waals surface area contributed by atoms with E-state index in [9.17, 15) is 19.1 Å². The van der Waals surface area contributed by atoms with Crippen LogP contribution in [-0.2, 0) is 9.59 Å². The minimum Gasteiger partial charge on any atom is -0.507 e. The number of ketones is 1. The van der Waals surface area contributed by atoms with Crippen molar-refractivity contribution in [3.8, 4) is 5.75 Å². The van der Waals surface area contributed by atoms with Crippen LogP contribution in [0.3, 0.4) is 0 Å². The Morgan fingerprint density at radius 1 is 1.17 bits per heavy atom. The van der Waals surface area contributed by atoms with Crippen LogP contribution in [0, 0.1) is 19.7 Å². The molecule has 1 fully saturated rings. The van der Waals surface area contributed by atoms with Crippen LogP contribution in [0.4, 0.5) is 4.39 Å². The lowest BCUT2D eigenvalue weighted by Crippen LogP contribution is -2.30. The molecule has 6 heteroatoms. The summed E-state index contributed by atoms with van der Waals surface area (Å²) in [4.78, 5) is 26.9. The maximum absolute atomic E-state index is 14.6. The topological polar surface area (TPSA) is 66.8 Å². The first-order valence-electron chi connectivity index (χ1n) is 9.50. The van der Waals surface area contributed by atoms with Crippen LogP contribution in [0.2, 0.25) is 0 Å². The highest BCUT2D eigenvalue weighted by Crippen LogP contribution is 2.41. The van der Waals surface area contributed by atoms with E-state index in [1.54, 1.807) is 38.3 Å². The third-order valence-corrected chi connectivity index (χ3v) is 5.20. The number of hydrogen-bond donors (Lipinski definition) is 1. The first-order valence-corrected chi connectivity index (χ1v) is 9.50. The smallest absolute Gasteiger partial charge is 0.295 e. The van der Waals surface area contributed by atoms with E-state index in [4.69, 9.17) is 4.74 Å². The number of aliphatic hydroxyl groups excluding tert-OH is 1. The highest BCUT2D eigenvalue weighted by molar-refractivity contribution is 6.46. The van der Waals surface area contributed by atoms with E-state index in [0.29, 0.717) is 23.3 Å². The van der Waals surface area contributed by atoms with Gasteiger partial charge in [-0.1, -0.05) is 25.1 Å². The normalized spacial score (nSPS) is 18.4. The summed E-state index contributed by atoms with van der Waals surface area (Å²) >= 11 is 0. The van der Waals surface area contributed by atoms with Crippen molar-refractivity contribution in [3.05, 3.63) is 70.0 Å². The molecule has 0 spiro atoms. The summed E-state index contributed by atoms with van der Waals surface area (Å²) in [6.07, 6.45) is 0.596. The molecule has 1 unspecified atom stereocenters. The summed E-state index contributed by atoms with van der Waals surface area (Å²) in [5.41, 5.74) is 1.95. The van der Waals surface area contributed by atoms with Crippen molar-refractivity contribution in [2.75, 3.05) is 13.7 Å². The van der Waals surface area contributed by atoms with Gasteiger partial charge in [0.25, 0.3) is 11.7 Å². The summed E-state index contributed by atoms with van der Waals surface area (Å²) in [6, 6.07) is 8.49. The number of carbonyl (C=O) groups excluding carboxylic acids is 2. The third kappa shape index (κ3) is 3.50. The number of likely N-dealkylation sites (tertiary alicyclic amines) is 1. The second-order valence-corrected chi connectivity index (χ2v) is 7.15. The van der Waals surface area contributed by atoms with Crippen LogP contribution in [0.15, 0.2) is 42.0 Å². The molecule has 5 nitrogen and oxygen atoms in total.